The Kier molecular flexibility index (Phi) is 5.62. The summed E-state index contributed by atoms with van der Waals surface area (Å²) in [6, 6.07) is -0.337. The van der Waals surface area contributed by atoms with Crippen LogP contribution in [0.5, 0.6) is 0 Å². The van der Waals surface area contributed by atoms with E-state index in [1.165, 1.54) is 6.39 Å². The second kappa shape index (κ2) is 7.25. The lowest BCUT2D eigenvalue weighted by Crippen LogP contribution is -2.39. The zero-order chi connectivity index (χ0) is 13.4. The second-order valence-electron chi connectivity index (χ2n) is 3.94. The number of carbonyl (C=O) groups excluding carboxylic acids is 1. The van der Waals surface area contributed by atoms with E-state index in [4.69, 9.17) is 5.11 Å². The van der Waals surface area contributed by atoms with E-state index in [1.807, 2.05) is 0 Å². The largest absolute Gasteiger partial charge is 0.481 e. The highest BCUT2D eigenvalue weighted by Crippen LogP contribution is 1.98. The number of amides is 2. The van der Waals surface area contributed by atoms with Crippen LogP contribution in [-0.2, 0) is 11.2 Å². The van der Waals surface area contributed by atoms with Crippen molar-refractivity contribution in [3.8, 4) is 0 Å². The summed E-state index contributed by atoms with van der Waals surface area (Å²) < 4.78 is 4.54. The van der Waals surface area contributed by atoms with E-state index in [0.717, 1.165) is 0 Å². The summed E-state index contributed by atoms with van der Waals surface area (Å²) in [5.41, 5.74) is 0. The quantitative estimate of drug-likeness (QED) is 0.633. The van der Waals surface area contributed by atoms with Gasteiger partial charge in [0.25, 0.3) is 0 Å². The van der Waals surface area contributed by atoms with Gasteiger partial charge in [-0.25, -0.2) is 4.79 Å². The minimum atomic E-state index is -0.873. The van der Waals surface area contributed by atoms with Crippen molar-refractivity contribution in [2.24, 2.45) is 5.92 Å². The van der Waals surface area contributed by atoms with Gasteiger partial charge in [0.1, 0.15) is 0 Å². The van der Waals surface area contributed by atoms with Crippen LogP contribution in [0.1, 0.15) is 19.2 Å². The molecule has 0 saturated carbocycles. The third-order valence-corrected chi connectivity index (χ3v) is 2.18. The molecule has 1 unspecified atom stereocenters. The summed E-state index contributed by atoms with van der Waals surface area (Å²) in [4.78, 5) is 25.5. The van der Waals surface area contributed by atoms with Crippen molar-refractivity contribution in [2.45, 2.75) is 19.8 Å². The Labute approximate surface area is 104 Å². The number of hydrogen-bond donors (Lipinski definition) is 3. The van der Waals surface area contributed by atoms with Crippen molar-refractivity contribution in [2.75, 3.05) is 13.1 Å². The molecule has 0 aliphatic rings. The molecule has 0 saturated heterocycles. The Morgan fingerprint density at radius 2 is 2.28 bits per heavy atom. The van der Waals surface area contributed by atoms with Crippen molar-refractivity contribution in [3.63, 3.8) is 0 Å². The molecule has 2 amide bonds. The number of aromatic nitrogens is 2. The molecule has 8 heteroatoms. The first-order valence-electron chi connectivity index (χ1n) is 5.56. The van der Waals surface area contributed by atoms with Crippen LogP contribution in [0.25, 0.3) is 0 Å². The lowest BCUT2D eigenvalue weighted by molar-refractivity contribution is -0.137. The maximum absolute atomic E-state index is 11.3. The molecule has 0 aliphatic carbocycles. The average Bonchev–Trinajstić information content (AvgIpc) is 2.78. The number of rotatable bonds is 7. The van der Waals surface area contributed by atoms with E-state index in [1.54, 1.807) is 6.92 Å². The highest BCUT2D eigenvalue weighted by atomic mass is 16.5. The Morgan fingerprint density at radius 1 is 1.50 bits per heavy atom. The van der Waals surface area contributed by atoms with Crippen LogP contribution in [0.4, 0.5) is 4.79 Å². The number of carbonyl (C=O) groups is 2. The molecule has 18 heavy (non-hydrogen) atoms. The minimum absolute atomic E-state index is 0.0309. The van der Waals surface area contributed by atoms with Gasteiger partial charge in [-0.05, 0) is 5.92 Å². The van der Waals surface area contributed by atoms with E-state index in [2.05, 4.69) is 25.3 Å². The topological polar surface area (TPSA) is 117 Å². The van der Waals surface area contributed by atoms with Crippen LogP contribution in [0.2, 0.25) is 0 Å². The summed E-state index contributed by atoms with van der Waals surface area (Å²) in [5, 5.41) is 17.3. The van der Waals surface area contributed by atoms with Crippen molar-refractivity contribution in [3.05, 3.63) is 12.2 Å². The van der Waals surface area contributed by atoms with E-state index in [9.17, 15) is 9.59 Å². The van der Waals surface area contributed by atoms with E-state index < -0.39 is 5.97 Å². The van der Waals surface area contributed by atoms with Gasteiger partial charge < -0.3 is 20.3 Å². The molecule has 1 heterocycles. The molecule has 1 rings (SSSR count). The average molecular weight is 256 g/mol. The molecule has 0 radical (unpaired) electrons. The van der Waals surface area contributed by atoms with Gasteiger partial charge >= 0.3 is 12.0 Å². The van der Waals surface area contributed by atoms with Crippen LogP contribution in [-0.4, -0.2) is 40.3 Å². The monoisotopic (exact) mass is 256 g/mol. The molecule has 0 fully saturated rings. The summed E-state index contributed by atoms with van der Waals surface area (Å²) >= 11 is 0. The SMILES string of the molecule is CC(CNC(=O)NCCc1ncon1)CC(=O)O. The fourth-order valence-electron chi connectivity index (χ4n) is 1.29. The first-order valence-corrected chi connectivity index (χ1v) is 5.56. The first-order chi connectivity index (χ1) is 8.58. The molecule has 1 atom stereocenters. The Morgan fingerprint density at radius 3 is 2.89 bits per heavy atom. The molecule has 8 nitrogen and oxygen atoms in total. The van der Waals surface area contributed by atoms with Crippen LogP contribution in [0.3, 0.4) is 0 Å². The molecule has 3 N–H and O–H groups in total. The van der Waals surface area contributed by atoms with Gasteiger partial charge in [-0.3, -0.25) is 4.79 Å². The number of hydrogen-bond acceptors (Lipinski definition) is 5. The Balaban J connectivity index is 2.08. The normalized spacial score (nSPS) is 11.8. The number of nitrogens with zero attached hydrogens (tertiary/aromatic N) is 2. The lowest BCUT2D eigenvalue weighted by Gasteiger charge is -2.10. The molecule has 1 aromatic heterocycles. The molecular formula is C10H16N4O4. The van der Waals surface area contributed by atoms with Crippen molar-refractivity contribution in [1.29, 1.82) is 0 Å². The highest BCUT2D eigenvalue weighted by molar-refractivity contribution is 5.74. The second-order valence-corrected chi connectivity index (χ2v) is 3.94. The molecular weight excluding hydrogens is 240 g/mol. The van der Waals surface area contributed by atoms with Crippen molar-refractivity contribution < 1.29 is 19.2 Å². The molecule has 1 aromatic rings. The fourth-order valence-corrected chi connectivity index (χ4v) is 1.29. The van der Waals surface area contributed by atoms with Crippen molar-refractivity contribution in [1.82, 2.24) is 20.8 Å². The van der Waals surface area contributed by atoms with E-state index in [-0.39, 0.29) is 18.4 Å². The van der Waals surface area contributed by atoms with Gasteiger partial charge in [0.05, 0.1) is 0 Å². The predicted octanol–water partition coefficient (Wildman–Crippen LogP) is 0.0221. The van der Waals surface area contributed by atoms with Gasteiger partial charge in [0.15, 0.2) is 5.82 Å². The summed E-state index contributed by atoms with van der Waals surface area (Å²) in [7, 11) is 0. The first kappa shape index (κ1) is 13.9. The maximum atomic E-state index is 11.3. The van der Waals surface area contributed by atoms with Gasteiger partial charge in [-0.2, -0.15) is 4.98 Å². The maximum Gasteiger partial charge on any atom is 0.314 e. The van der Waals surface area contributed by atoms with Crippen LogP contribution in [0, 0.1) is 5.92 Å². The van der Waals surface area contributed by atoms with E-state index >= 15 is 0 Å². The molecule has 0 bridgehead atoms. The molecule has 100 valence electrons. The van der Waals surface area contributed by atoms with Crippen LogP contribution in [0.15, 0.2) is 10.9 Å². The number of urea groups is 1. The summed E-state index contributed by atoms with van der Waals surface area (Å²) in [6.45, 7) is 2.47. The van der Waals surface area contributed by atoms with Crippen LogP contribution >= 0.6 is 0 Å². The van der Waals surface area contributed by atoms with Crippen LogP contribution < -0.4 is 10.6 Å². The number of carboxylic acids is 1. The number of nitrogens with one attached hydrogen (secondary N) is 2. The fraction of sp³-hybridized carbons (Fsp3) is 0.600. The third kappa shape index (κ3) is 5.83. The zero-order valence-electron chi connectivity index (χ0n) is 10.0. The number of aliphatic carboxylic acids is 1. The predicted molar refractivity (Wildman–Crippen MR) is 60.8 cm³/mol. The summed E-state index contributed by atoms with van der Waals surface area (Å²) in [6.07, 6.45) is 1.74. The van der Waals surface area contributed by atoms with Crippen molar-refractivity contribution >= 4 is 12.0 Å². The molecule has 0 aromatic carbocycles. The zero-order valence-corrected chi connectivity index (χ0v) is 10.0. The number of carboxylic acid groups (broad SMARTS) is 1. The van der Waals surface area contributed by atoms with Gasteiger partial charge in [0, 0.05) is 25.9 Å². The van der Waals surface area contributed by atoms with Gasteiger partial charge in [-0.1, -0.05) is 12.1 Å². The molecule has 0 spiro atoms. The third-order valence-electron chi connectivity index (χ3n) is 2.18. The highest BCUT2D eigenvalue weighted by Gasteiger charge is 2.09. The molecule has 0 aliphatic heterocycles. The standard InChI is InChI=1S/C10H16N4O4/c1-7(4-9(15)16)5-12-10(17)11-3-2-8-13-6-18-14-8/h6-7H,2-5H2,1H3,(H,15,16)(H2,11,12,17). The van der Waals surface area contributed by atoms with Gasteiger partial charge in [0.2, 0.25) is 6.39 Å². The van der Waals surface area contributed by atoms with Gasteiger partial charge in [-0.15, -0.1) is 0 Å². The van der Waals surface area contributed by atoms with E-state index in [0.29, 0.717) is 25.3 Å². The minimum Gasteiger partial charge on any atom is -0.481 e. The smallest absolute Gasteiger partial charge is 0.314 e. The lowest BCUT2D eigenvalue weighted by atomic mass is 10.1. The summed E-state index contributed by atoms with van der Waals surface area (Å²) in [5.74, 6) is -0.457. The Bertz CT molecular complexity index is 379. The Hall–Kier alpha value is -2.12.